The number of hydrogen-bond acceptors (Lipinski definition) is 4. The fourth-order valence-electron chi connectivity index (χ4n) is 3.57. The van der Waals surface area contributed by atoms with Gasteiger partial charge in [0.05, 0.1) is 11.9 Å². The predicted octanol–water partition coefficient (Wildman–Crippen LogP) is 3.40. The van der Waals surface area contributed by atoms with E-state index in [1.54, 1.807) is 18.2 Å². The molecule has 1 atom stereocenters. The SMILES string of the molecule is CCCNC(=O)[C@@H](CC)N(Cc1ccc(C)cc1)C(=O)CN(c1cccc(C)c1)S(C)(=O)=O. The van der Waals surface area contributed by atoms with Crippen LogP contribution in [0.5, 0.6) is 0 Å². The Morgan fingerprint density at radius 2 is 1.67 bits per heavy atom. The Morgan fingerprint density at radius 1 is 1.00 bits per heavy atom. The van der Waals surface area contributed by atoms with Crippen LogP contribution in [0.1, 0.15) is 43.4 Å². The monoisotopic (exact) mass is 473 g/mol. The summed E-state index contributed by atoms with van der Waals surface area (Å²) in [6, 6.07) is 14.0. The molecule has 33 heavy (non-hydrogen) atoms. The van der Waals surface area contributed by atoms with Crippen LogP contribution in [-0.2, 0) is 26.2 Å². The van der Waals surface area contributed by atoms with E-state index in [0.29, 0.717) is 18.7 Å². The Kier molecular flexibility index (Phi) is 9.46. The second kappa shape index (κ2) is 11.8. The summed E-state index contributed by atoms with van der Waals surface area (Å²) < 4.78 is 26.3. The van der Waals surface area contributed by atoms with E-state index in [1.807, 2.05) is 58.0 Å². The average molecular weight is 474 g/mol. The number of nitrogens with one attached hydrogen (secondary N) is 1. The fraction of sp³-hybridized carbons (Fsp3) is 0.440. The molecule has 0 saturated heterocycles. The third-order valence-electron chi connectivity index (χ3n) is 5.38. The van der Waals surface area contributed by atoms with Crippen molar-refractivity contribution in [2.75, 3.05) is 23.7 Å². The van der Waals surface area contributed by atoms with Gasteiger partial charge in [-0.25, -0.2) is 8.42 Å². The lowest BCUT2D eigenvalue weighted by molar-refractivity contribution is -0.140. The van der Waals surface area contributed by atoms with Gasteiger partial charge in [-0.3, -0.25) is 13.9 Å². The number of nitrogens with zero attached hydrogens (tertiary/aromatic N) is 2. The van der Waals surface area contributed by atoms with E-state index in [0.717, 1.165) is 33.7 Å². The number of rotatable bonds is 11. The number of amides is 2. The molecule has 2 aromatic carbocycles. The number of hydrogen-bond donors (Lipinski definition) is 1. The maximum Gasteiger partial charge on any atom is 0.244 e. The van der Waals surface area contributed by atoms with Gasteiger partial charge in [-0.15, -0.1) is 0 Å². The summed E-state index contributed by atoms with van der Waals surface area (Å²) >= 11 is 0. The Hall–Kier alpha value is -2.87. The third kappa shape index (κ3) is 7.60. The second-order valence-corrected chi connectivity index (χ2v) is 10.2. The van der Waals surface area contributed by atoms with Crippen molar-refractivity contribution in [2.24, 2.45) is 0 Å². The van der Waals surface area contributed by atoms with E-state index in [-0.39, 0.29) is 19.0 Å². The minimum Gasteiger partial charge on any atom is -0.354 e. The van der Waals surface area contributed by atoms with Crippen molar-refractivity contribution >= 4 is 27.5 Å². The zero-order chi connectivity index (χ0) is 24.6. The van der Waals surface area contributed by atoms with Gasteiger partial charge in [-0.2, -0.15) is 0 Å². The zero-order valence-corrected chi connectivity index (χ0v) is 21.0. The molecule has 8 heteroatoms. The van der Waals surface area contributed by atoms with Crippen LogP contribution in [0.15, 0.2) is 48.5 Å². The largest absolute Gasteiger partial charge is 0.354 e. The number of anilines is 1. The van der Waals surface area contributed by atoms with Crippen molar-refractivity contribution in [1.29, 1.82) is 0 Å². The van der Waals surface area contributed by atoms with Crippen molar-refractivity contribution in [2.45, 2.75) is 53.1 Å². The Labute approximate surface area is 197 Å². The molecule has 0 saturated carbocycles. The first-order valence-electron chi connectivity index (χ1n) is 11.2. The van der Waals surface area contributed by atoms with E-state index in [9.17, 15) is 18.0 Å². The standard InChI is InChI=1S/C25H35N3O4S/c1-6-15-26-25(30)23(7-2)27(17-21-13-11-19(3)12-14-21)24(29)18-28(33(5,31)32)22-10-8-9-20(4)16-22/h8-14,16,23H,6-7,15,17-18H2,1-5H3,(H,26,30)/t23-/m1/s1. The number of sulfonamides is 1. The molecule has 0 bridgehead atoms. The summed E-state index contributed by atoms with van der Waals surface area (Å²) in [4.78, 5) is 27.9. The highest BCUT2D eigenvalue weighted by atomic mass is 32.2. The molecule has 2 aromatic rings. The molecule has 0 aromatic heterocycles. The van der Waals surface area contributed by atoms with Crippen LogP contribution < -0.4 is 9.62 Å². The van der Waals surface area contributed by atoms with E-state index >= 15 is 0 Å². The number of benzene rings is 2. The molecular weight excluding hydrogens is 438 g/mol. The van der Waals surface area contributed by atoms with E-state index in [2.05, 4.69) is 5.32 Å². The highest BCUT2D eigenvalue weighted by molar-refractivity contribution is 7.92. The highest BCUT2D eigenvalue weighted by Crippen LogP contribution is 2.21. The molecule has 0 aliphatic heterocycles. The maximum atomic E-state index is 13.5. The van der Waals surface area contributed by atoms with Crippen LogP contribution in [-0.4, -0.2) is 50.5 Å². The molecular formula is C25H35N3O4S. The molecule has 0 spiro atoms. The van der Waals surface area contributed by atoms with Crippen LogP contribution in [0.4, 0.5) is 5.69 Å². The van der Waals surface area contributed by atoms with Crippen molar-refractivity contribution in [1.82, 2.24) is 10.2 Å². The average Bonchev–Trinajstić information content (AvgIpc) is 2.76. The van der Waals surface area contributed by atoms with Gasteiger partial charge < -0.3 is 10.2 Å². The normalized spacial score (nSPS) is 12.2. The van der Waals surface area contributed by atoms with E-state index < -0.39 is 22.0 Å². The van der Waals surface area contributed by atoms with Crippen LogP contribution in [0.25, 0.3) is 0 Å². The lowest BCUT2D eigenvalue weighted by Crippen LogP contribution is -2.52. The summed E-state index contributed by atoms with van der Waals surface area (Å²) in [6.45, 7) is 7.99. The van der Waals surface area contributed by atoms with Crippen molar-refractivity contribution < 1.29 is 18.0 Å². The van der Waals surface area contributed by atoms with Crippen LogP contribution in [0.2, 0.25) is 0 Å². The molecule has 0 aliphatic rings. The number of aryl methyl sites for hydroxylation is 2. The first kappa shape index (κ1) is 26.4. The lowest BCUT2D eigenvalue weighted by Gasteiger charge is -2.33. The van der Waals surface area contributed by atoms with Crippen LogP contribution in [0.3, 0.4) is 0 Å². The summed E-state index contributed by atoms with van der Waals surface area (Å²) in [6.07, 6.45) is 2.28. The zero-order valence-electron chi connectivity index (χ0n) is 20.2. The van der Waals surface area contributed by atoms with Crippen LogP contribution >= 0.6 is 0 Å². The van der Waals surface area contributed by atoms with Gasteiger partial charge in [0, 0.05) is 13.1 Å². The number of carbonyl (C=O) groups is 2. The first-order valence-corrected chi connectivity index (χ1v) is 13.1. The molecule has 0 fully saturated rings. The molecule has 2 rings (SSSR count). The van der Waals surface area contributed by atoms with Gasteiger partial charge in [-0.05, 0) is 49.9 Å². The Bertz CT molecular complexity index is 1050. The molecule has 1 N–H and O–H groups in total. The van der Waals surface area contributed by atoms with Gasteiger partial charge >= 0.3 is 0 Å². The van der Waals surface area contributed by atoms with Crippen molar-refractivity contribution in [3.8, 4) is 0 Å². The topological polar surface area (TPSA) is 86.8 Å². The molecule has 0 heterocycles. The van der Waals surface area contributed by atoms with Crippen LogP contribution in [0, 0.1) is 13.8 Å². The number of carbonyl (C=O) groups excluding carboxylic acids is 2. The minimum absolute atomic E-state index is 0.211. The molecule has 0 radical (unpaired) electrons. The molecule has 180 valence electrons. The van der Waals surface area contributed by atoms with Gasteiger partial charge in [0.2, 0.25) is 21.8 Å². The fourth-order valence-corrected chi connectivity index (χ4v) is 4.41. The van der Waals surface area contributed by atoms with Crippen molar-refractivity contribution in [3.05, 3.63) is 65.2 Å². The molecule has 7 nitrogen and oxygen atoms in total. The van der Waals surface area contributed by atoms with Gasteiger partial charge in [0.25, 0.3) is 0 Å². The highest BCUT2D eigenvalue weighted by Gasteiger charge is 2.31. The summed E-state index contributed by atoms with van der Waals surface area (Å²) in [5, 5.41) is 2.87. The second-order valence-electron chi connectivity index (χ2n) is 8.33. The molecule has 2 amide bonds. The van der Waals surface area contributed by atoms with Gasteiger partial charge in [0.15, 0.2) is 0 Å². The Morgan fingerprint density at radius 3 is 2.21 bits per heavy atom. The lowest BCUT2D eigenvalue weighted by atomic mass is 10.1. The summed E-state index contributed by atoms with van der Waals surface area (Å²) in [5.74, 6) is -0.665. The third-order valence-corrected chi connectivity index (χ3v) is 6.52. The van der Waals surface area contributed by atoms with Gasteiger partial charge in [0.1, 0.15) is 12.6 Å². The van der Waals surface area contributed by atoms with E-state index in [4.69, 9.17) is 0 Å². The predicted molar refractivity (Wildman–Crippen MR) is 132 cm³/mol. The Balaban J connectivity index is 2.41. The van der Waals surface area contributed by atoms with Crippen molar-refractivity contribution in [3.63, 3.8) is 0 Å². The summed E-state index contributed by atoms with van der Waals surface area (Å²) in [7, 11) is -3.72. The van der Waals surface area contributed by atoms with E-state index in [1.165, 1.54) is 4.90 Å². The smallest absolute Gasteiger partial charge is 0.244 e. The molecule has 0 unspecified atom stereocenters. The minimum atomic E-state index is -3.72. The van der Waals surface area contributed by atoms with Gasteiger partial charge in [-0.1, -0.05) is 55.8 Å². The maximum absolute atomic E-state index is 13.5. The summed E-state index contributed by atoms with van der Waals surface area (Å²) in [5.41, 5.74) is 3.27. The first-order chi connectivity index (χ1) is 15.6. The quantitative estimate of drug-likeness (QED) is 0.542. The molecule has 0 aliphatic carbocycles.